The summed E-state index contributed by atoms with van der Waals surface area (Å²) in [7, 11) is -0.802. The molecule has 0 saturated carbocycles. The zero-order valence-corrected chi connectivity index (χ0v) is 13.0. The molecule has 1 N–H and O–H groups in total. The first-order valence-corrected chi connectivity index (χ1v) is 7.54. The Bertz CT molecular complexity index is 310. The van der Waals surface area contributed by atoms with Crippen LogP contribution in [0.25, 0.3) is 0 Å². The molecule has 0 saturated heterocycles. The molecule has 0 bridgehead atoms. The normalized spacial score (nSPS) is 16.3. The standard InChI is InChI=1S/C11H24NO6P/c1-10(2)18-11(8-15-5)9-17-19(13,14)16-7-6-12(3)4/h10-11H,3,6-9H2,1-2,4-5H3/p+1/t11-/m1/s1. The summed E-state index contributed by atoms with van der Waals surface area (Å²) in [6.07, 6.45) is -0.438. The molecule has 0 amide bonds. The third-order valence-corrected chi connectivity index (χ3v) is 2.95. The lowest BCUT2D eigenvalue weighted by Gasteiger charge is -2.20. The second kappa shape index (κ2) is 9.58. The van der Waals surface area contributed by atoms with Gasteiger partial charge >= 0.3 is 7.82 Å². The molecule has 0 heterocycles. The molecule has 1 unspecified atom stereocenters. The van der Waals surface area contributed by atoms with E-state index in [1.165, 1.54) is 7.11 Å². The highest BCUT2D eigenvalue weighted by Gasteiger charge is 2.24. The fraction of sp³-hybridized carbons (Fsp3) is 0.909. The molecule has 0 fully saturated rings. The van der Waals surface area contributed by atoms with Gasteiger partial charge in [-0.15, -0.1) is 0 Å². The van der Waals surface area contributed by atoms with Crippen LogP contribution in [0, 0.1) is 0 Å². The molecule has 0 aromatic heterocycles. The highest BCUT2D eigenvalue weighted by molar-refractivity contribution is 7.47. The number of ether oxygens (including phenoxy) is 2. The Morgan fingerprint density at radius 1 is 1.32 bits per heavy atom. The topological polar surface area (TPSA) is 77.2 Å². The Balaban J connectivity index is 4.09. The second-order valence-electron chi connectivity index (χ2n) is 4.44. The summed E-state index contributed by atoms with van der Waals surface area (Å²) < 4.78 is 33.2. The lowest BCUT2D eigenvalue weighted by Crippen LogP contribution is -2.27. The first-order chi connectivity index (χ1) is 8.76. The summed E-state index contributed by atoms with van der Waals surface area (Å²) in [5.41, 5.74) is 0. The summed E-state index contributed by atoms with van der Waals surface area (Å²) >= 11 is 0. The van der Waals surface area contributed by atoms with E-state index in [1.54, 1.807) is 11.6 Å². The lowest BCUT2D eigenvalue weighted by atomic mass is 10.4. The van der Waals surface area contributed by atoms with Gasteiger partial charge in [-0.2, -0.15) is 0 Å². The average Bonchev–Trinajstić information content (AvgIpc) is 2.25. The van der Waals surface area contributed by atoms with Crippen molar-refractivity contribution in [2.45, 2.75) is 26.1 Å². The SMILES string of the molecule is C=[N+](C)CCOP(=O)(O)OC[C@@H](COC)OC(C)C. The highest BCUT2D eigenvalue weighted by Crippen LogP contribution is 2.43. The Hall–Kier alpha value is -0.300. The van der Waals surface area contributed by atoms with Crippen molar-refractivity contribution in [3.05, 3.63) is 0 Å². The second-order valence-corrected chi connectivity index (χ2v) is 5.89. The van der Waals surface area contributed by atoms with E-state index in [1.807, 2.05) is 13.8 Å². The van der Waals surface area contributed by atoms with Crippen molar-refractivity contribution in [3.8, 4) is 0 Å². The molecule has 0 rings (SSSR count). The molecule has 0 aliphatic carbocycles. The van der Waals surface area contributed by atoms with Gasteiger partial charge in [0.2, 0.25) is 0 Å². The minimum Gasteiger partial charge on any atom is -0.382 e. The van der Waals surface area contributed by atoms with Crippen LogP contribution in [0.1, 0.15) is 13.8 Å². The fourth-order valence-corrected chi connectivity index (χ4v) is 1.97. The summed E-state index contributed by atoms with van der Waals surface area (Å²) in [6, 6.07) is 0. The predicted octanol–water partition coefficient (Wildman–Crippen LogP) is 0.903. The molecular weight excluding hydrogens is 273 g/mol. The van der Waals surface area contributed by atoms with Crippen molar-refractivity contribution in [3.63, 3.8) is 0 Å². The number of hydrogen-bond acceptors (Lipinski definition) is 5. The minimum atomic E-state index is -4.06. The zero-order valence-electron chi connectivity index (χ0n) is 12.1. The van der Waals surface area contributed by atoms with Gasteiger partial charge in [0.15, 0.2) is 6.54 Å². The van der Waals surface area contributed by atoms with Crippen LogP contribution in [0.3, 0.4) is 0 Å². The summed E-state index contributed by atoms with van der Waals surface area (Å²) in [5.74, 6) is 0. The molecule has 0 radical (unpaired) electrons. The van der Waals surface area contributed by atoms with Crippen molar-refractivity contribution in [2.75, 3.05) is 40.5 Å². The van der Waals surface area contributed by atoms with Gasteiger partial charge in [-0.1, -0.05) is 0 Å². The summed E-state index contributed by atoms with van der Waals surface area (Å²) in [4.78, 5) is 9.45. The van der Waals surface area contributed by atoms with E-state index < -0.39 is 13.9 Å². The van der Waals surface area contributed by atoms with E-state index in [0.717, 1.165) is 0 Å². The van der Waals surface area contributed by atoms with Gasteiger partial charge in [-0.3, -0.25) is 9.05 Å². The van der Waals surface area contributed by atoms with Crippen molar-refractivity contribution in [1.82, 2.24) is 0 Å². The van der Waals surface area contributed by atoms with Crippen molar-refractivity contribution in [1.29, 1.82) is 0 Å². The van der Waals surface area contributed by atoms with Crippen LogP contribution < -0.4 is 0 Å². The smallest absolute Gasteiger partial charge is 0.382 e. The van der Waals surface area contributed by atoms with Crippen molar-refractivity contribution in [2.24, 2.45) is 0 Å². The molecule has 7 nitrogen and oxygen atoms in total. The van der Waals surface area contributed by atoms with Gasteiger partial charge in [0, 0.05) is 7.11 Å². The zero-order chi connectivity index (χ0) is 14.9. The van der Waals surface area contributed by atoms with E-state index >= 15 is 0 Å². The van der Waals surface area contributed by atoms with Crippen molar-refractivity contribution < 1.29 is 32.6 Å². The van der Waals surface area contributed by atoms with Gasteiger partial charge in [0.1, 0.15) is 26.5 Å². The third kappa shape index (κ3) is 11.2. The van der Waals surface area contributed by atoms with E-state index in [4.69, 9.17) is 18.5 Å². The molecule has 114 valence electrons. The van der Waals surface area contributed by atoms with E-state index in [0.29, 0.717) is 6.54 Å². The number of rotatable bonds is 11. The van der Waals surface area contributed by atoms with Crippen LogP contribution in [0.5, 0.6) is 0 Å². The third-order valence-electron chi connectivity index (χ3n) is 1.97. The number of methoxy groups -OCH3 is 1. The molecule has 0 aliphatic rings. The van der Waals surface area contributed by atoms with Crippen LogP contribution in [0.15, 0.2) is 0 Å². The van der Waals surface area contributed by atoms with Gasteiger partial charge in [0.25, 0.3) is 0 Å². The Kier molecular flexibility index (Phi) is 9.43. The Morgan fingerprint density at radius 2 is 1.95 bits per heavy atom. The van der Waals surface area contributed by atoms with Gasteiger partial charge in [-0.05, 0) is 13.8 Å². The summed E-state index contributed by atoms with van der Waals surface area (Å²) in [6.45, 7) is 8.02. The van der Waals surface area contributed by atoms with Crippen LogP contribution in [0.4, 0.5) is 0 Å². The maximum absolute atomic E-state index is 11.6. The number of hydrogen-bond donors (Lipinski definition) is 1. The van der Waals surface area contributed by atoms with E-state index in [9.17, 15) is 9.46 Å². The number of phosphoric ester groups is 1. The molecule has 8 heteroatoms. The van der Waals surface area contributed by atoms with Crippen LogP contribution in [-0.2, 0) is 23.1 Å². The summed E-state index contributed by atoms with van der Waals surface area (Å²) in [5, 5.41) is 0. The molecule has 19 heavy (non-hydrogen) atoms. The Morgan fingerprint density at radius 3 is 2.42 bits per heavy atom. The van der Waals surface area contributed by atoms with Crippen LogP contribution in [0.2, 0.25) is 0 Å². The number of nitrogens with zero attached hydrogens (tertiary/aromatic N) is 1. The van der Waals surface area contributed by atoms with E-state index in [-0.39, 0.29) is 25.9 Å². The number of phosphoric acid groups is 1. The maximum Gasteiger partial charge on any atom is 0.472 e. The predicted molar refractivity (Wildman–Crippen MR) is 71.8 cm³/mol. The quantitative estimate of drug-likeness (QED) is 0.347. The lowest BCUT2D eigenvalue weighted by molar-refractivity contribution is -0.490. The monoisotopic (exact) mass is 298 g/mol. The Labute approximate surface area is 114 Å². The number of likely N-dealkylation sites (N-methyl/N-ethyl adjacent to an activating group) is 1. The molecular formula is C11H25NO6P+. The van der Waals surface area contributed by atoms with Crippen molar-refractivity contribution >= 4 is 14.5 Å². The van der Waals surface area contributed by atoms with Crippen LogP contribution in [-0.4, -0.2) is 68.9 Å². The highest BCUT2D eigenvalue weighted by atomic mass is 31.2. The maximum atomic E-state index is 11.6. The molecule has 0 aromatic carbocycles. The van der Waals surface area contributed by atoms with Gasteiger partial charge in [0.05, 0.1) is 19.3 Å². The first-order valence-electron chi connectivity index (χ1n) is 6.04. The fourth-order valence-electron chi connectivity index (χ4n) is 1.22. The average molecular weight is 298 g/mol. The largest absolute Gasteiger partial charge is 0.472 e. The van der Waals surface area contributed by atoms with E-state index in [2.05, 4.69) is 6.72 Å². The van der Waals surface area contributed by atoms with Gasteiger partial charge in [-0.25, -0.2) is 9.14 Å². The molecule has 0 spiro atoms. The molecule has 0 aliphatic heterocycles. The molecule has 0 aromatic rings. The van der Waals surface area contributed by atoms with Gasteiger partial charge < -0.3 is 14.4 Å². The molecule has 2 atom stereocenters. The van der Waals surface area contributed by atoms with Crippen LogP contribution >= 0.6 is 7.82 Å². The minimum absolute atomic E-state index is 0.0254. The first kappa shape index (κ1) is 18.7.